The number of methoxy groups -OCH3 is 2. The number of aromatic nitrogens is 2. The second kappa shape index (κ2) is 12.0. The molecular weight excluding hydrogens is 440 g/mol. The van der Waals surface area contributed by atoms with Gasteiger partial charge in [0, 0.05) is 30.6 Å². The number of benzene rings is 2. The van der Waals surface area contributed by atoms with Gasteiger partial charge in [0.15, 0.2) is 0 Å². The van der Waals surface area contributed by atoms with E-state index in [4.69, 9.17) is 9.47 Å². The van der Waals surface area contributed by atoms with Crippen molar-refractivity contribution >= 4 is 28.3 Å². The predicted molar refractivity (Wildman–Crippen MR) is 129 cm³/mol. The van der Waals surface area contributed by atoms with E-state index in [0.29, 0.717) is 34.5 Å². The lowest BCUT2D eigenvalue weighted by atomic mass is 10.1. The quantitative estimate of drug-likeness (QED) is 0.446. The summed E-state index contributed by atoms with van der Waals surface area (Å²) in [6, 6.07) is 14.5. The molecule has 2 amide bonds. The van der Waals surface area contributed by atoms with Crippen molar-refractivity contribution in [1.82, 2.24) is 15.1 Å². The minimum absolute atomic E-state index is 0.100. The third-order valence-electron chi connectivity index (χ3n) is 5.02. The van der Waals surface area contributed by atoms with Crippen molar-refractivity contribution < 1.29 is 19.1 Å². The van der Waals surface area contributed by atoms with Gasteiger partial charge in [0.2, 0.25) is 11.0 Å². The van der Waals surface area contributed by atoms with Crippen LogP contribution in [0.4, 0.5) is 5.13 Å². The number of carbonyl (C=O) groups is 2. The van der Waals surface area contributed by atoms with Crippen LogP contribution < -0.4 is 14.8 Å². The Morgan fingerprint density at radius 1 is 0.939 bits per heavy atom. The molecule has 9 heteroatoms. The van der Waals surface area contributed by atoms with Crippen molar-refractivity contribution in [2.45, 2.75) is 26.2 Å². The highest BCUT2D eigenvalue weighted by Crippen LogP contribution is 2.27. The van der Waals surface area contributed by atoms with Crippen LogP contribution in [-0.2, 0) is 4.79 Å². The lowest BCUT2D eigenvalue weighted by molar-refractivity contribution is -0.116. The van der Waals surface area contributed by atoms with E-state index in [2.05, 4.69) is 22.4 Å². The smallest absolute Gasteiger partial charge is 0.253 e. The lowest BCUT2D eigenvalue weighted by Gasteiger charge is -2.22. The number of hydrogen-bond acceptors (Lipinski definition) is 7. The maximum atomic E-state index is 13.0. The summed E-state index contributed by atoms with van der Waals surface area (Å²) >= 11 is 1.30. The third kappa shape index (κ3) is 6.76. The average molecular weight is 469 g/mol. The van der Waals surface area contributed by atoms with Gasteiger partial charge in [0.25, 0.3) is 5.91 Å². The Morgan fingerprint density at radius 3 is 2.18 bits per heavy atom. The SMILES string of the molecule is CCCCN(CCC(=O)Nc1nnc(-c2ccc(OC)cc2)s1)C(=O)c1ccc(OC)cc1. The molecule has 33 heavy (non-hydrogen) atoms. The second-order valence-corrected chi connectivity index (χ2v) is 8.29. The van der Waals surface area contributed by atoms with Gasteiger partial charge in [0.05, 0.1) is 14.2 Å². The van der Waals surface area contributed by atoms with Crippen molar-refractivity contribution in [3.63, 3.8) is 0 Å². The third-order valence-corrected chi connectivity index (χ3v) is 5.91. The summed E-state index contributed by atoms with van der Waals surface area (Å²) in [4.78, 5) is 27.2. The van der Waals surface area contributed by atoms with E-state index in [1.54, 1.807) is 43.4 Å². The zero-order valence-electron chi connectivity index (χ0n) is 19.0. The summed E-state index contributed by atoms with van der Waals surface area (Å²) in [5.41, 5.74) is 1.46. The number of anilines is 1. The van der Waals surface area contributed by atoms with E-state index in [-0.39, 0.29) is 18.2 Å². The molecule has 0 bridgehead atoms. The Morgan fingerprint density at radius 2 is 1.58 bits per heavy atom. The fraction of sp³-hybridized carbons (Fsp3) is 0.333. The van der Waals surface area contributed by atoms with E-state index in [0.717, 1.165) is 24.2 Å². The normalized spacial score (nSPS) is 10.5. The fourth-order valence-corrected chi connectivity index (χ4v) is 3.89. The highest BCUT2D eigenvalue weighted by Gasteiger charge is 2.17. The molecule has 3 rings (SSSR count). The number of unbranched alkanes of at least 4 members (excludes halogenated alkanes) is 1. The Kier molecular flexibility index (Phi) is 8.77. The fourth-order valence-electron chi connectivity index (χ4n) is 3.12. The van der Waals surface area contributed by atoms with Crippen LogP contribution in [0.25, 0.3) is 10.6 Å². The number of carbonyl (C=O) groups excluding carboxylic acids is 2. The summed E-state index contributed by atoms with van der Waals surface area (Å²) < 4.78 is 10.3. The van der Waals surface area contributed by atoms with Crippen molar-refractivity contribution in [1.29, 1.82) is 0 Å². The van der Waals surface area contributed by atoms with E-state index < -0.39 is 0 Å². The highest BCUT2D eigenvalue weighted by molar-refractivity contribution is 7.18. The first-order valence-electron chi connectivity index (χ1n) is 10.7. The predicted octanol–water partition coefficient (Wildman–Crippen LogP) is 4.49. The molecule has 0 unspecified atom stereocenters. The molecule has 3 aromatic rings. The first-order chi connectivity index (χ1) is 16.0. The zero-order chi connectivity index (χ0) is 23.6. The largest absolute Gasteiger partial charge is 0.497 e. The monoisotopic (exact) mass is 468 g/mol. The van der Waals surface area contributed by atoms with Crippen LogP contribution in [0.2, 0.25) is 0 Å². The summed E-state index contributed by atoms with van der Waals surface area (Å²) in [5.74, 6) is 1.14. The van der Waals surface area contributed by atoms with Gasteiger partial charge in [-0.3, -0.25) is 9.59 Å². The average Bonchev–Trinajstić information content (AvgIpc) is 3.32. The molecule has 0 fully saturated rings. The maximum absolute atomic E-state index is 13.0. The van der Waals surface area contributed by atoms with Crippen molar-refractivity contribution in [2.24, 2.45) is 0 Å². The number of nitrogens with one attached hydrogen (secondary N) is 1. The first kappa shape index (κ1) is 24.2. The number of amides is 2. The van der Waals surface area contributed by atoms with Gasteiger partial charge in [-0.25, -0.2) is 0 Å². The molecule has 8 nitrogen and oxygen atoms in total. The van der Waals surface area contributed by atoms with Crippen LogP contribution in [0.1, 0.15) is 36.5 Å². The van der Waals surface area contributed by atoms with E-state index in [9.17, 15) is 9.59 Å². The van der Waals surface area contributed by atoms with Gasteiger partial charge in [-0.05, 0) is 55.0 Å². The zero-order valence-corrected chi connectivity index (χ0v) is 19.9. The number of rotatable bonds is 11. The van der Waals surface area contributed by atoms with E-state index >= 15 is 0 Å². The summed E-state index contributed by atoms with van der Waals surface area (Å²) in [7, 11) is 3.20. The maximum Gasteiger partial charge on any atom is 0.253 e. The first-order valence-corrected chi connectivity index (χ1v) is 11.6. The number of nitrogens with zero attached hydrogens (tertiary/aromatic N) is 3. The topological polar surface area (TPSA) is 93.7 Å². The molecule has 0 aliphatic heterocycles. The molecule has 174 valence electrons. The molecule has 2 aromatic carbocycles. The molecule has 0 saturated carbocycles. The van der Waals surface area contributed by atoms with E-state index in [1.807, 2.05) is 24.3 Å². The lowest BCUT2D eigenvalue weighted by Crippen LogP contribution is -2.34. The summed E-state index contributed by atoms with van der Waals surface area (Å²) in [6.45, 7) is 2.98. The minimum Gasteiger partial charge on any atom is -0.497 e. The minimum atomic E-state index is -0.212. The van der Waals surface area contributed by atoms with Crippen molar-refractivity contribution in [2.75, 3.05) is 32.6 Å². The van der Waals surface area contributed by atoms with Crippen LogP contribution in [0.15, 0.2) is 48.5 Å². The molecule has 1 N–H and O–H groups in total. The van der Waals surface area contributed by atoms with Gasteiger partial charge in [-0.15, -0.1) is 10.2 Å². The molecule has 1 aromatic heterocycles. The number of ether oxygens (including phenoxy) is 2. The Hall–Kier alpha value is -3.46. The van der Waals surface area contributed by atoms with Gasteiger partial charge < -0.3 is 19.7 Å². The van der Waals surface area contributed by atoms with Gasteiger partial charge in [-0.1, -0.05) is 24.7 Å². The van der Waals surface area contributed by atoms with Crippen molar-refractivity contribution in [3.8, 4) is 22.1 Å². The van der Waals surface area contributed by atoms with Gasteiger partial charge >= 0.3 is 0 Å². The van der Waals surface area contributed by atoms with Crippen molar-refractivity contribution in [3.05, 3.63) is 54.1 Å². The van der Waals surface area contributed by atoms with Crippen LogP contribution in [-0.4, -0.2) is 54.2 Å². The molecule has 0 spiro atoms. The van der Waals surface area contributed by atoms with Crippen LogP contribution in [0, 0.1) is 0 Å². The second-order valence-electron chi connectivity index (χ2n) is 7.31. The Bertz CT molecular complexity index is 1050. The van der Waals surface area contributed by atoms with Crippen LogP contribution in [0.3, 0.4) is 0 Å². The number of hydrogen-bond donors (Lipinski definition) is 1. The molecular formula is C24H28N4O4S. The molecule has 0 radical (unpaired) electrons. The van der Waals surface area contributed by atoms with Gasteiger partial charge in [0.1, 0.15) is 16.5 Å². The molecule has 0 aliphatic carbocycles. The molecule has 0 atom stereocenters. The highest BCUT2D eigenvalue weighted by atomic mass is 32.1. The van der Waals surface area contributed by atoms with Crippen LogP contribution in [0.5, 0.6) is 11.5 Å². The summed E-state index contributed by atoms with van der Waals surface area (Å²) in [5, 5.41) is 12.1. The molecule has 1 heterocycles. The summed E-state index contributed by atoms with van der Waals surface area (Å²) in [6.07, 6.45) is 1.99. The standard InChI is InChI=1S/C24H28N4O4S/c1-4-5-15-28(23(30)18-8-12-20(32-3)13-9-18)16-14-21(29)25-24-27-26-22(33-24)17-6-10-19(31-2)11-7-17/h6-13H,4-5,14-16H2,1-3H3,(H,25,27,29). The molecule has 0 saturated heterocycles. The Balaban J connectivity index is 1.58. The van der Waals surface area contributed by atoms with Gasteiger partial charge in [-0.2, -0.15) is 0 Å². The Labute approximate surface area is 197 Å². The van der Waals surface area contributed by atoms with Crippen LogP contribution >= 0.6 is 11.3 Å². The molecule has 0 aliphatic rings. The van der Waals surface area contributed by atoms with E-state index in [1.165, 1.54) is 11.3 Å².